The summed E-state index contributed by atoms with van der Waals surface area (Å²) in [6.45, 7) is 0. The number of thiocarbonyl (C=S) groups is 1. The number of amides is 2. The molecule has 1 aliphatic rings. The first-order valence-electron chi connectivity index (χ1n) is 8.94. The Morgan fingerprint density at radius 3 is 2.29 bits per heavy atom. The number of non-ortho nitro benzene ring substituents is 1. The van der Waals surface area contributed by atoms with Gasteiger partial charge in [-0.25, -0.2) is 4.39 Å². The summed E-state index contributed by atoms with van der Waals surface area (Å²) >= 11 is 5.12. The highest BCUT2D eigenvalue weighted by atomic mass is 32.1. The van der Waals surface area contributed by atoms with Gasteiger partial charge in [0.05, 0.1) is 10.6 Å². The second kappa shape index (κ2) is 7.92. The van der Waals surface area contributed by atoms with E-state index in [1.807, 2.05) is 0 Å². The average molecular weight is 436 g/mol. The van der Waals surface area contributed by atoms with Crippen molar-refractivity contribution in [3.63, 3.8) is 0 Å². The Bertz CT molecular complexity index is 1250. The maximum Gasteiger partial charge on any atom is 0.270 e. The van der Waals surface area contributed by atoms with Crippen LogP contribution in [0.2, 0.25) is 0 Å². The molecule has 1 saturated heterocycles. The molecule has 1 N–H and O–H groups in total. The quantitative estimate of drug-likeness (QED) is 0.222. The number of nitro groups is 1. The van der Waals surface area contributed by atoms with Gasteiger partial charge in [-0.1, -0.05) is 0 Å². The van der Waals surface area contributed by atoms with Crippen LogP contribution >= 0.6 is 12.2 Å². The van der Waals surface area contributed by atoms with Crippen LogP contribution in [0.1, 0.15) is 5.69 Å². The fraction of sp³-hybridized carbons (Fsp3) is 0. The van der Waals surface area contributed by atoms with Crippen LogP contribution in [0.15, 0.2) is 72.4 Å². The van der Waals surface area contributed by atoms with Gasteiger partial charge in [-0.15, -0.1) is 0 Å². The number of benzene rings is 2. The average Bonchev–Trinajstić information content (AvgIpc) is 3.20. The summed E-state index contributed by atoms with van der Waals surface area (Å²) in [6.07, 6.45) is 3.10. The summed E-state index contributed by atoms with van der Waals surface area (Å²) in [5.74, 6) is -1.79. The molecule has 31 heavy (non-hydrogen) atoms. The fourth-order valence-electron chi connectivity index (χ4n) is 3.11. The van der Waals surface area contributed by atoms with Crippen LogP contribution < -0.4 is 10.2 Å². The van der Waals surface area contributed by atoms with E-state index in [9.17, 15) is 24.1 Å². The molecular weight excluding hydrogens is 423 g/mol. The zero-order valence-corrected chi connectivity index (χ0v) is 16.5. The normalized spacial score (nSPS) is 15.3. The Morgan fingerprint density at radius 1 is 1.00 bits per heavy atom. The molecule has 0 aliphatic carbocycles. The minimum atomic E-state index is -0.662. The lowest BCUT2D eigenvalue weighted by atomic mass is 10.1. The third-order valence-corrected chi connectivity index (χ3v) is 4.88. The molecule has 0 atom stereocenters. The Labute approximate surface area is 180 Å². The second-order valence-electron chi connectivity index (χ2n) is 6.51. The lowest BCUT2D eigenvalue weighted by Gasteiger charge is -2.28. The van der Waals surface area contributed by atoms with Gasteiger partial charge in [0.2, 0.25) is 0 Å². The van der Waals surface area contributed by atoms with Crippen molar-refractivity contribution in [2.45, 2.75) is 0 Å². The number of hydrogen-bond donors (Lipinski definition) is 1. The van der Waals surface area contributed by atoms with Crippen molar-refractivity contribution in [2.75, 3.05) is 4.90 Å². The summed E-state index contributed by atoms with van der Waals surface area (Å²) in [6, 6.07) is 14.4. The minimum absolute atomic E-state index is 0.0545. The summed E-state index contributed by atoms with van der Waals surface area (Å²) in [5, 5.41) is 13.2. The van der Waals surface area contributed by atoms with E-state index < -0.39 is 22.6 Å². The number of nitrogens with one attached hydrogen (secondary N) is 1. The Balaban J connectivity index is 1.71. The van der Waals surface area contributed by atoms with Gasteiger partial charge in [0, 0.05) is 29.7 Å². The highest BCUT2D eigenvalue weighted by Gasteiger charge is 2.34. The van der Waals surface area contributed by atoms with Crippen LogP contribution in [-0.4, -0.2) is 26.4 Å². The van der Waals surface area contributed by atoms with Crippen molar-refractivity contribution in [2.24, 2.45) is 0 Å². The van der Waals surface area contributed by atoms with Gasteiger partial charge in [-0.2, -0.15) is 0 Å². The number of aromatic nitrogens is 1. The summed E-state index contributed by atoms with van der Waals surface area (Å²) in [7, 11) is 0. The Morgan fingerprint density at radius 2 is 1.65 bits per heavy atom. The van der Waals surface area contributed by atoms with Gasteiger partial charge in [0.15, 0.2) is 5.11 Å². The molecule has 8 nitrogen and oxygen atoms in total. The van der Waals surface area contributed by atoms with Crippen LogP contribution in [0.4, 0.5) is 15.8 Å². The van der Waals surface area contributed by atoms with Crippen molar-refractivity contribution in [3.05, 3.63) is 94.1 Å². The van der Waals surface area contributed by atoms with Crippen LogP contribution in [0.5, 0.6) is 0 Å². The van der Waals surface area contributed by atoms with E-state index in [-0.39, 0.29) is 16.4 Å². The molecule has 10 heteroatoms. The predicted molar refractivity (Wildman–Crippen MR) is 115 cm³/mol. The van der Waals surface area contributed by atoms with E-state index in [1.54, 1.807) is 35.0 Å². The van der Waals surface area contributed by atoms with Gasteiger partial charge in [-0.05, 0) is 66.8 Å². The number of rotatable bonds is 4. The third-order valence-electron chi connectivity index (χ3n) is 4.60. The van der Waals surface area contributed by atoms with Crippen LogP contribution in [-0.2, 0) is 9.59 Å². The van der Waals surface area contributed by atoms with Crippen LogP contribution in [0, 0.1) is 15.9 Å². The highest BCUT2D eigenvalue weighted by molar-refractivity contribution is 7.80. The van der Waals surface area contributed by atoms with Gasteiger partial charge < -0.3 is 4.57 Å². The molecule has 0 bridgehead atoms. The van der Waals surface area contributed by atoms with Crippen LogP contribution in [0.25, 0.3) is 11.8 Å². The first-order valence-corrected chi connectivity index (χ1v) is 9.35. The third kappa shape index (κ3) is 3.83. The lowest BCUT2D eigenvalue weighted by Crippen LogP contribution is -2.54. The molecule has 0 saturated carbocycles. The van der Waals surface area contributed by atoms with E-state index >= 15 is 0 Å². The van der Waals surface area contributed by atoms with E-state index in [0.29, 0.717) is 17.1 Å². The summed E-state index contributed by atoms with van der Waals surface area (Å²) in [5.41, 5.74) is 1.20. The maximum absolute atomic E-state index is 13.3. The monoisotopic (exact) mass is 436 g/mol. The number of nitro benzene ring substituents is 1. The van der Waals surface area contributed by atoms with E-state index in [2.05, 4.69) is 5.32 Å². The van der Waals surface area contributed by atoms with Gasteiger partial charge >= 0.3 is 0 Å². The molecule has 4 rings (SSSR count). The lowest BCUT2D eigenvalue weighted by molar-refractivity contribution is -0.384. The molecule has 154 valence electrons. The zero-order valence-electron chi connectivity index (χ0n) is 15.7. The molecule has 1 fully saturated rings. The largest absolute Gasteiger partial charge is 0.317 e. The molecular formula is C21H13FN4O4S. The highest BCUT2D eigenvalue weighted by Crippen LogP contribution is 2.24. The number of hydrogen-bond acceptors (Lipinski definition) is 5. The number of anilines is 1. The molecule has 2 amide bonds. The Hall–Kier alpha value is -4.18. The first-order chi connectivity index (χ1) is 14.8. The van der Waals surface area contributed by atoms with E-state index in [0.717, 1.165) is 4.90 Å². The molecule has 1 aliphatic heterocycles. The van der Waals surface area contributed by atoms with Gasteiger partial charge in [0.1, 0.15) is 11.4 Å². The molecule has 2 heterocycles. The first kappa shape index (κ1) is 20.1. The predicted octanol–water partition coefficient (Wildman–Crippen LogP) is 3.36. The van der Waals surface area contributed by atoms with Crippen molar-refractivity contribution in [1.82, 2.24) is 9.88 Å². The van der Waals surface area contributed by atoms with Crippen molar-refractivity contribution in [1.29, 1.82) is 0 Å². The van der Waals surface area contributed by atoms with Gasteiger partial charge in [-0.3, -0.25) is 29.9 Å². The number of nitrogens with zero attached hydrogens (tertiary/aromatic N) is 3. The van der Waals surface area contributed by atoms with Crippen molar-refractivity contribution < 1.29 is 18.9 Å². The number of halogens is 1. The van der Waals surface area contributed by atoms with E-state index in [4.69, 9.17) is 12.2 Å². The molecule has 2 aromatic carbocycles. The summed E-state index contributed by atoms with van der Waals surface area (Å²) < 4.78 is 14.9. The maximum atomic E-state index is 13.3. The van der Waals surface area contributed by atoms with Gasteiger partial charge in [0.25, 0.3) is 17.5 Å². The molecule has 0 spiro atoms. The van der Waals surface area contributed by atoms with Crippen molar-refractivity contribution in [3.8, 4) is 5.69 Å². The topological polar surface area (TPSA) is 97.5 Å². The standard InChI is InChI=1S/C21H13FN4O4S/c22-13-3-5-15(6-4-13)25-20(28)18(19(27)23-21(25)31)12-17-2-1-11-24(17)14-7-9-16(10-8-14)26(29)30/h1-12H,(H,23,27,31)/b18-12+. The molecule has 0 radical (unpaired) electrons. The fourth-order valence-corrected chi connectivity index (χ4v) is 3.39. The number of carbonyl (C=O) groups excluding carboxylic acids is 2. The van der Waals surface area contributed by atoms with Crippen LogP contribution in [0.3, 0.4) is 0 Å². The second-order valence-corrected chi connectivity index (χ2v) is 6.90. The molecule has 3 aromatic rings. The smallest absolute Gasteiger partial charge is 0.270 e. The van der Waals surface area contributed by atoms with E-state index in [1.165, 1.54) is 42.5 Å². The Kier molecular flexibility index (Phi) is 5.14. The minimum Gasteiger partial charge on any atom is -0.317 e. The molecule has 1 aromatic heterocycles. The SMILES string of the molecule is O=C1NC(=S)N(c2ccc(F)cc2)C(=O)/C1=C/c1cccn1-c1ccc([N+](=O)[O-])cc1. The van der Waals surface area contributed by atoms with Crippen molar-refractivity contribution >= 4 is 46.6 Å². The molecule has 0 unspecified atom stereocenters. The summed E-state index contributed by atoms with van der Waals surface area (Å²) in [4.78, 5) is 37.0. The number of carbonyl (C=O) groups is 2. The zero-order chi connectivity index (χ0) is 22.1.